The zero-order valence-electron chi connectivity index (χ0n) is 14.3. The van der Waals surface area contributed by atoms with Crippen molar-refractivity contribution < 1.29 is 9.90 Å². The van der Waals surface area contributed by atoms with Crippen molar-refractivity contribution in [2.75, 3.05) is 0 Å². The number of hydrogen-bond acceptors (Lipinski definition) is 5. The number of aromatic nitrogens is 3. The van der Waals surface area contributed by atoms with Crippen molar-refractivity contribution in [2.24, 2.45) is 5.73 Å². The van der Waals surface area contributed by atoms with E-state index in [2.05, 4.69) is 21.0 Å². The number of nitrogens with two attached hydrogens (primary N) is 1. The Kier molecular flexibility index (Phi) is 4.28. The van der Waals surface area contributed by atoms with Crippen LogP contribution in [0, 0.1) is 11.3 Å². The Bertz CT molecular complexity index is 1070. The van der Waals surface area contributed by atoms with E-state index in [0.717, 1.165) is 0 Å². The summed E-state index contributed by atoms with van der Waals surface area (Å²) >= 11 is 0. The van der Waals surface area contributed by atoms with E-state index in [1.54, 1.807) is 50.5 Å². The molecule has 0 saturated carbocycles. The number of carbonyl (C=O) groups is 1. The van der Waals surface area contributed by atoms with Gasteiger partial charge in [-0.3, -0.25) is 4.79 Å². The molecule has 0 atom stereocenters. The average molecular weight is 347 g/mol. The maximum absolute atomic E-state index is 11.0. The summed E-state index contributed by atoms with van der Waals surface area (Å²) in [6.45, 7) is 3.31. The van der Waals surface area contributed by atoms with E-state index in [-0.39, 0.29) is 0 Å². The first kappa shape index (κ1) is 17.3. The lowest BCUT2D eigenvalue weighted by molar-refractivity contribution is -0.113. The number of nitriles is 1. The van der Waals surface area contributed by atoms with E-state index in [1.807, 2.05) is 0 Å². The summed E-state index contributed by atoms with van der Waals surface area (Å²) in [7, 11) is 0. The SMILES string of the molecule is CC(C)(O)c1cc(C#N)cc(-c2cnc3[nH]cc(C=CC(N)=O)c3n2)c1. The Balaban J connectivity index is 2.15. The first-order valence-corrected chi connectivity index (χ1v) is 7.88. The van der Waals surface area contributed by atoms with Crippen molar-refractivity contribution in [1.29, 1.82) is 5.26 Å². The Morgan fingerprint density at radius 1 is 1.38 bits per heavy atom. The lowest BCUT2D eigenvalue weighted by atomic mass is 9.93. The van der Waals surface area contributed by atoms with Crippen LogP contribution in [0.1, 0.15) is 30.5 Å². The van der Waals surface area contributed by atoms with Crippen molar-refractivity contribution in [3.63, 3.8) is 0 Å². The van der Waals surface area contributed by atoms with Crippen molar-refractivity contribution in [2.45, 2.75) is 19.4 Å². The average Bonchev–Trinajstić information content (AvgIpc) is 3.01. The minimum atomic E-state index is -1.09. The Morgan fingerprint density at radius 2 is 2.15 bits per heavy atom. The molecule has 3 aromatic rings. The molecule has 0 fully saturated rings. The number of amides is 1. The van der Waals surface area contributed by atoms with Crippen LogP contribution in [0.3, 0.4) is 0 Å². The Labute approximate surface area is 149 Å². The topological polar surface area (TPSA) is 129 Å². The fraction of sp³-hybridized carbons (Fsp3) is 0.158. The van der Waals surface area contributed by atoms with Crippen LogP contribution < -0.4 is 5.73 Å². The number of aromatic amines is 1. The summed E-state index contributed by atoms with van der Waals surface area (Å²) in [6.07, 6.45) is 6.08. The molecule has 130 valence electrons. The van der Waals surface area contributed by atoms with Gasteiger partial charge in [0.25, 0.3) is 0 Å². The molecule has 1 aromatic carbocycles. The van der Waals surface area contributed by atoms with Crippen LogP contribution in [0.5, 0.6) is 0 Å². The predicted octanol–water partition coefficient (Wildman–Crippen LogP) is 2.22. The van der Waals surface area contributed by atoms with Crippen molar-refractivity contribution in [1.82, 2.24) is 15.0 Å². The minimum absolute atomic E-state index is 0.421. The van der Waals surface area contributed by atoms with Crippen LogP contribution in [-0.4, -0.2) is 26.0 Å². The van der Waals surface area contributed by atoms with Crippen LogP contribution in [0.25, 0.3) is 28.5 Å². The number of nitrogens with zero attached hydrogens (tertiary/aromatic N) is 3. The van der Waals surface area contributed by atoms with Gasteiger partial charge < -0.3 is 15.8 Å². The molecule has 0 aliphatic rings. The summed E-state index contributed by atoms with van der Waals surface area (Å²) in [5.41, 5.74) is 8.10. The van der Waals surface area contributed by atoms with Crippen molar-refractivity contribution >= 4 is 23.1 Å². The summed E-state index contributed by atoms with van der Waals surface area (Å²) in [5, 5.41) is 19.6. The Hall–Kier alpha value is -3.50. The number of fused-ring (bicyclic) bond motifs is 1. The van der Waals surface area contributed by atoms with E-state index >= 15 is 0 Å². The first-order valence-electron chi connectivity index (χ1n) is 7.88. The van der Waals surface area contributed by atoms with E-state index in [1.165, 1.54) is 6.08 Å². The quantitative estimate of drug-likeness (QED) is 0.623. The van der Waals surface area contributed by atoms with Gasteiger partial charge in [0.05, 0.1) is 29.1 Å². The highest BCUT2D eigenvalue weighted by molar-refractivity contribution is 5.93. The van der Waals surface area contributed by atoms with Crippen LogP contribution in [0.15, 0.2) is 36.7 Å². The number of rotatable bonds is 4. The van der Waals surface area contributed by atoms with Gasteiger partial charge in [0.1, 0.15) is 5.52 Å². The monoisotopic (exact) mass is 347 g/mol. The minimum Gasteiger partial charge on any atom is -0.386 e. The first-order chi connectivity index (χ1) is 12.3. The van der Waals surface area contributed by atoms with Crippen LogP contribution in [-0.2, 0) is 10.4 Å². The molecule has 0 aliphatic carbocycles. The second-order valence-corrected chi connectivity index (χ2v) is 6.40. The van der Waals surface area contributed by atoms with Crippen LogP contribution in [0.2, 0.25) is 0 Å². The molecule has 0 bridgehead atoms. The van der Waals surface area contributed by atoms with Gasteiger partial charge in [-0.15, -0.1) is 0 Å². The van der Waals surface area contributed by atoms with E-state index in [0.29, 0.717) is 39.1 Å². The maximum Gasteiger partial charge on any atom is 0.241 e. The largest absolute Gasteiger partial charge is 0.386 e. The number of benzene rings is 1. The lowest BCUT2D eigenvalue weighted by Crippen LogP contribution is -2.15. The normalized spacial score (nSPS) is 11.8. The number of nitrogens with one attached hydrogen (secondary N) is 1. The van der Waals surface area contributed by atoms with E-state index in [9.17, 15) is 15.2 Å². The van der Waals surface area contributed by atoms with Gasteiger partial charge in [0, 0.05) is 23.4 Å². The molecule has 26 heavy (non-hydrogen) atoms. The standard InChI is InChI=1S/C19H17N5O2/c1-19(2,26)14-6-11(8-20)5-13(7-14)15-10-23-18-17(24-15)12(9-22-18)3-4-16(21)25/h3-7,9-10,26H,1-2H3,(H2,21,25)(H,22,23). The summed E-state index contributed by atoms with van der Waals surface area (Å²) in [6, 6.07) is 7.21. The molecule has 0 saturated heterocycles. The predicted molar refractivity (Wildman–Crippen MR) is 97.5 cm³/mol. The van der Waals surface area contributed by atoms with Crippen molar-refractivity contribution in [3.8, 4) is 17.3 Å². The molecule has 0 radical (unpaired) electrons. The third-order valence-electron chi connectivity index (χ3n) is 3.90. The van der Waals surface area contributed by atoms with Gasteiger partial charge in [0.2, 0.25) is 5.91 Å². The molecular weight excluding hydrogens is 330 g/mol. The molecule has 7 heteroatoms. The third kappa shape index (κ3) is 3.45. The van der Waals surface area contributed by atoms with Gasteiger partial charge in [0.15, 0.2) is 5.65 Å². The van der Waals surface area contributed by atoms with Gasteiger partial charge in [-0.05, 0) is 43.7 Å². The third-order valence-corrected chi connectivity index (χ3v) is 3.90. The number of carbonyl (C=O) groups excluding carboxylic acids is 1. The molecule has 3 rings (SSSR count). The number of primary amides is 1. The molecular formula is C19H17N5O2. The van der Waals surface area contributed by atoms with Gasteiger partial charge >= 0.3 is 0 Å². The van der Waals surface area contributed by atoms with Gasteiger partial charge in [-0.2, -0.15) is 5.26 Å². The molecule has 2 heterocycles. The summed E-state index contributed by atoms with van der Waals surface area (Å²) < 4.78 is 0. The highest BCUT2D eigenvalue weighted by Crippen LogP contribution is 2.28. The van der Waals surface area contributed by atoms with Crippen LogP contribution in [0.4, 0.5) is 0 Å². The fourth-order valence-corrected chi connectivity index (χ4v) is 2.54. The van der Waals surface area contributed by atoms with Gasteiger partial charge in [-0.1, -0.05) is 0 Å². The molecule has 4 N–H and O–H groups in total. The molecule has 0 spiro atoms. The van der Waals surface area contributed by atoms with E-state index in [4.69, 9.17) is 5.73 Å². The smallest absolute Gasteiger partial charge is 0.241 e. The molecule has 2 aromatic heterocycles. The second kappa shape index (κ2) is 6.43. The summed E-state index contributed by atoms with van der Waals surface area (Å²) in [4.78, 5) is 22.9. The number of H-pyrrole nitrogens is 1. The number of hydrogen-bond donors (Lipinski definition) is 3. The highest BCUT2D eigenvalue weighted by atomic mass is 16.3. The zero-order valence-corrected chi connectivity index (χ0v) is 14.3. The molecule has 0 unspecified atom stereocenters. The molecule has 0 aliphatic heterocycles. The fourth-order valence-electron chi connectivity index (χ4n) is 2.54. The molecule has 1 amide bonds. The van der Waals surface area contributed by atoms with Gasteiger partial charge in [-0.25, -0.2) is 9.97 Å². The highest BCUT2D eigenvalue weighted by Gasteiger charge is 2.18. The molecule has 7 nitrogen and oxygen atoms in total. The Morgan fingerprint density at radius 3 is 2.81 bits per heavy atom. The van der Waals surface area contributed by atoms with E-state index < -0.39 is 11.5 Å². The second-order valence-electron chi connectivity index (χ2n) is 6.40. The van der Waals surface area contributed by atoms with Crippen LogP contribution >= 0.6 is 0 Å². The summed E-state index contributed by atoms with van der Waals surface area (Å²) in [5.74, 6) is -0.556. The zero-order chi connectivity index (χ0) is 18.9. The number of aliphatic hydroxyl groups is 1. The maximum atomic E-state index is 11.0. The lowest BCUT2D eigenvalue weighted by Gasteiger charge is -2.19. The van der Waals surface area contributed by atoms with Crippen molar-refractivity contribution in [3.05, 3.63) is 53.4 Å².